The molecule has 1 aliphatic heterocycles. The quantitative estimate of drug-likeness (QED) is 0.395. The molecule has 0 aliphatic carbocycles. The highest BCUT2D eigenvalue weighted by Crippen LogP contribution is 2.33. The summed E-state index contributed by atoms with van der Waals surface area (Å²) in [6.45, 7) is 1.31. The molecule has 2 atom stereocenters. The Bertz CT molecular complexity index is 279. The Morgan fingerprint density at radius 2 is 2.33 bits per heavy atom. The van der Waals surface area contributed by atoms with Crippen molar-refractivity contribution in [1.29, 1.82) is 0 Å². The summed E-state index contributed by atoms with van der Waals surface area (Å²) in [6.07, 6.45) is -2.63. The van der Waals surface area contributed by atoms with Crippen LogP contribution in [-0.2, 0) is 4.79 Å². The lowest BCUT2D eigenvalue weighted by atomic mass is 9.91. The molecule has 0 bridgehead atoms. The van der Waals surface area contributed by atoms with Crippen molar-refractivity contribution in [3.63, 3.8) is 0 Å². The average molecular weight is 172 g/mol. The zero-order chi connectivity index (χ0) is 9.52. The van der Waals surface area contributed by atoms with Gasteiger partial charge in [-0.1, -0.05) is 0 Å². The van der Waals surface area contributed by atoms with Gasteiger partial charge in [-0.2, -0.15) is 0 Å². The SMILES string of the molecule is CC1(N)C(O)C(=C=O)N1C(=O)O. The van der Waals surface area contributed by atoms with Gasteiger partial charge < -0.3 is 15.9 Å². The van der Waals surface area contributed by atoms with Crippen LogP contribution in [0, 0.1) is 0 Å². The van der Waals surface area contributed by atoms with Crippen molar-refractivity contribution in [3.8, 4) is 0 Å². The van der Waals surface area contributed by atoms with Gasteiger partial charge in [-0.3, -0.25) is 0 Å². The number of hydrogen-bond donors (Lipinski definition) is 3. The Morgan fingerprint density at radius 1 is 1.83 bits per heavy atom. The Hall–Kier alpha value is -1.36. The van der Waals surface area contributed by atoms with Gasteiger partial charge in [-0.25, -0.2) is 14.5 Å². The summed E-state index contributed by atoms with van der Waals surface area (Å²) in [5.74, 6) is 1.32. The molecular weight excluding hydrogens is 164 g/mol. The second kappa shape index (κ2) is 2.31. The Labute approximate surface area is 67.9 Å². The van der Waals surface area contributed by atoms with Gasteiger partial charge in [-0.15, -0.1) is 0 Å². The van der Waals surface area contributed by atoms with Crippen LogP contribution in [0.1, 0.15) is 6.92 Å². The number of amides is 1. The second-order valence-electron chi connectivity index (χ2n) is 2.73. The molecule has 1 saturated heterocycles. The summed E-state index contributed by atoms with van der Waals surface area (Å²) >= 11 is 0. The van der Waals surface area contributed by atoms with E-state index < -0.39 is 17.9 Å². The highest BCUT2D eigenvalue weighted by molar-refractivity contribution is 5.77. The molecular formula is C6H8N2O4. The number of carboxylic acid groups (broad SMARTS) is 1. The molecule has 1 amide bonds. The van der Waals surface area contributed by atoms with E-state index in [1.165, 1.54) is 12.9 Å². The molecule has 4 N–H and O–H groups in total. The first kappa shape index (κ1) is 8.73. The first-order valence-corrected chi connectivity index (χ1v) is 3.18. The molecule has 6 nitrogen and oxygen atoms in total. The van der Waals surface area contributed by atoms with E-state index in [0.29, 0.717) is 4.90 Å². The van der Waals surface area contributed by atoms with Gasteiger partial charge in [0.2, 0.25) is 0 Å². The zero-order valence-electron chi connectivity index (χ0n) is 6.31. The molecule has 1 fully saturated rings. The number of hydrogen-bond acceptors (Lipinski definition) is 4. The van der Waals surface area contributed by atoms with Crippen LogP contribution in [0.15, 0.2) is 5.70 Å². The van der Waals surface area contributed by atoms with Gasteiger partial charge in [0.1, 0.15) is 23.4 Å². The molecule has 1 rings (SSSR count). The van der Waals surface area contributed by atoms with Crippen molar-refractivity contribution in [3.05, 3.63) is 5.70 Å². The van der Waals surface area contributed by atoms with Crippen LogP contribution in [0.4, 0.5) is 4.79 Å². The molecule has 0 spiro atoms. The van der Waals surface area contributed by atoms with Crippen LogP contribution < -0.4 is 5.73 Å². The molecule has 12 heavy (non-hydrogen) atoms. The number of nitrogens with zero attached hydrogens (tertiary/aromatic N) is 1. The standard InChI is InChI=1S/C6H8N2O4/c1-6(7)4(10)3(2-9)8(6)5(11)12/h4,10H,7H2,1H3,(H,11,12). The summed E-state index contributed by atoms with van der Waals surface area (Å²) in [5.41, 5.74) is 3.61. The van der Waals surface area contributed by atoms with Gasteiger partial charge in [0.05, 0.1) is 0 Å². The number of likely N-dealkylation sites (tertiary alicyclic amines) is 1. The van der Waals surface area contributed by atoms with E-state index >= 15 is 0 Å². The number of carbonyl (C=O) groups excluding carboxylic acids is 1. The maximum atomic E-state index is 10.4. The maximum Gasteiger partial charge on any atom is 0.413 e. The third-order valence-corrected chi connectivity index (χ3v) is 1.83. The van der Waals surface area contributed by atoms with E-state index in [1.807, 2.05) is 0 Å². The third kappa shape index (κ3) is 0.831. The fraction of sp³-hybridized carbons (Fsp3) is 0.500. The van der Waals surface area contributed by atoms with Crippen molar-refractivity contribution < 1.29 is 19.8 Å². The third-order valence-electron chi connectivity index (χ3n) is 1.83. The van der Waals surface area contributed by atoms with Gasteiger partial charge in [0.15, 0.2) is 0 Å². The lowest BCUT2D eigenvalue weighted by Crippen LogP contribution is -2.73. The lowest BCUT2D eigenvalue weighted by molar-refractivity contribution is -0.0564. The molecule has 0 aromatic heterocycles. The Balaban J connectivity index is 3.01. The summed E-state index contributed by atoms with van der Waals surface area (Å²) in [4.78, 5) is 21.2. The molecule has 0 aromatic rings. The van der Waals surface area contributed by atoms with Crippen LogP contribution in [0.5, 0.6) is 0 Å². The minimum atomic E-state index is -1.42. The van der Waals surface area contributed by atoms with Gasteiger partial charge in [0.25, 0.3) is 0 Å². The highest BCUT2D eigenvalue weighted by Gasteiger charge is 2.55. The van der Waals surface area contributed by atoms with Crippen LogP contribution in [0.2, 0.25) is 0 Å². The molecule has 66 valence electrons. The maximum absolute atomic E-state index is 10.4. The minimum Gasteiger partial charge on any atom is -0.465 e. The first-order valence-electron chi connectivity index (χ1n) is 3.18. The van der Waals surface area contributed by atoms with Crippen molar-refractivity contribution >= 4 is 12.0 Å². The van der Waals surface area contributed by atoms with Crippen molar-refractivity contribution in [2.45, 2.75) is 18.7 Å². The topological polar surface area (TPSA) is 104 Å². The van der Waals surface area contributed by atoms with E-state index in [9.17, 15) is 9.59 Å². The predicted octanol–water partition coefficient (Wildman–Crippen LogP) is -1.27. The smallest absolute Gasteiger partial charge is 0.413 e. The number of rotatable bonds is 0. The second-order valence-corrected chi connectivity index (χ2v) is 2.73. The van der Waals surface area contributed by atoms with Crippen molar-refractivity contribution in [1.82, 2.24) is 4.90 Å². The van der Waals surface area contributed by atoms with E-state index in [4.69, 9.17) is 15.9 Å². The fourth-order valence-electron chi connectivity index (χ4n) is 1.13. The summed E-state index contributed by atoms with van der Waals surface area (Å²) in [5, 5.41) is 17.6. The molecule has 6 heteroatoms. The number of aliphatic hydroxyl groups is 1. The molecule has 1 heterocycles. The normalized spacial score (nSPS) is 34.1. The Kier molecular flexibility index (Phi) is 1.68. The minimum absolute atomic E-state index is 0.340. The summed E-state index contributed by atoms with van der Waals surface area (Å²) in [7, 11) is 0. The van der Waals surface area contributed by atoms with Crippen LogP contribution in [0.3, 0.4) is 0 Å². The summed E-state index contributed by atoms with van der Waals surface area (Å²) < 4.78 is 0. The predicted molar refractivity (Wildman–Crippen MR) is 37.7 cm³/mol. The Morgan fingerprint density at radius 3 is 2.58 bits per heavy atom. The van der Waals surface area contributed by atoms with E-state index in [-0.39, 0.29) is 5.70 Å². The van der Waals surface area contributed by atoms with Gasteiger partial charge in [0, 0.05) is 0 Å². The van der Waals surface area contributed by atoms with Crippen LogP contribution in [-0.4, -0.2) is 38.9 Å². The highest BCUT2D eigenvalue weighted by atomic mass is 16.4. The lowest BCUT2D eigenvalue weighted by Gasteiger charge is -2.49. The molecule has 1 aliphatic rings. The molecule has 0 aromatic carbocycles. The number of aliphatic hydroxyl groups excluding tert-OH is 1. The molecule has 0 radical (unpaired) electrons. The van der Waals surface area contributed by atoms with E-state index in [0.717, 1.165) is 0 Å². The van der Waals surface area contributed by atoms with Gasteiger partial charge in [-0.05, 0) is 6.92 Å². The zero-order valence-corrected chi connectivity index (χ0v) is 6.31. The van der Waals surface area contributed by atoms with Crippen molar-refractivity contribution in [2.75, 3.05) is 0 Å². The largest absolute Gasteiger partial charge is 0.465 e. The number of carbonyl (C=O) groups is 1. The van der Waals surface area contributed by atoms with Crippen molar-refractivity contribution in [2.24, 2.45) is 5.73 Å². The first-order chi connectivity index (χ1) is 5.42. The average Bonchev–Trinajstić information content (AvgIpc) is 1.97. The summed E-state index contributed by atoms with van der Waals surface area (Å²) in [6, 6.07) is 0. The van der Waals surface area contributed by atoms with E-state index in [2.05, 4.69) is 0 Å². The molecule has 2 unspecified atom stereocenters. The monoisotopic (exact) mass is 172 g/mol. The molecule has 0 saturated carbocycles. The van der Waals surface area contributed by atoms with Crippen LogP contribution >= 0.6 is 0 Å². The number of nitrogens with two attached hydrogens (primary N) is 1. The van der Waals surface area contributed by atoms with E-state index in [1.54, 1.807) is 0 Å². The van der Waals surface area contributed by atoms with Gasteiger partial charge >= 0.3 is 6.09 Å². The van der Waals surface area contributed by atoms with Crippen LogP contribution in [0.25, 0.3) is 0 Å². The fourth-order valence-corrected chi connectivity index (χ4v) is 1.13.